The van der Waals surface area contributed by atoms with Gasteiger partial charge in [-0.15, -0.1) is 0 Å². The van der Waals surface area contributed by atoms with E-state index in [0.29, 0.717) is 0 Å². The van der Waals surface area contributed by atoms with Gasteiger partial charge < -0.3 is 0 Å². The van der Waals surface area contributed by atoms with Crippen molar-refractivity contribution in [1.29, 1.82) is 0 Å². The molecular formula is C9H10Pb. The van der Waals surface area contributed by atoms with Crippen molar-refractivity contribution in [3.05, 3.63) is 35.4 Å². The van der Waals surface area contributed by atoms with Crippen LogP contribution in [0, 0.1) is 0 Å². The molecule has 0 aliphatic heterocycles. The van der Waals surface area contributed by atoms with Crippen LogP contribution in [-0.2, 0) is 12.8 Å². The molecule has 10 heavy (non-hydrogen) atoms. The Morgan fingerprint density at radius 3 is 1.90 bits per heavy atom. The van der Waals surface area contributed by atoms with Gasteiger partial charge in [-0.05, 0) is 30.4 Å². The van der Waals surface area contributed by atoms with Crippen molar-refractivity contribution in [2.24, 2.45) is 0 Å². The maximum atomic E-state index is 2.24. The Hall–Kier alpha value is 0.142. The summed E-state index contributed by atoms with van der Waals surface area (Å²) < 4.78 is 0. The minimum Gasteiger partial charge on any atom is -0.0620 e. The first-order valence-corrected chi connectivity index (χ1v) is 3.53. The second-order valence-electron chi connectivity index (χ2n) is 2.62. The minimum atomic E-state index is 0. The van der Waals surface area contributed by atoms with Crippen LogP contribution in [0.3, 0.4) is 0 Å². The van der Waals surface area contributed by atoms with Gasteiger partial charge in [0.25, 0.3) is 0 Å². The molecule has 50 valence electrons. The molecule has 1 aliphatic carbocycles. The van der Waals surface area contributed by atoms with Crippen molar-refractivity contribution in [2.45, 2.75) is 19.3 Å². The van der Waals surface area contributed by atoms with Gasteiger partial charge in [0.15, 0.2) is 0 Å². The quantitative estimate of drug-likeness (QED) is 0.638. The Bertz CT molecular complexity index is 195. The number of fused-ring (bicyclic) bond motifs is 1. The van der Waals surface area contributed by atoms with Gasteiger partial charge >= 0.3 is 0 Å². The van der Waals surface area contributed by atoms with Gasteiger partial charge in [0.2, 0.25) is 0 Å². The molecule has 0 saturated heterocycles. The standard InChI is InChI=1S/C9H10.Pb/c1-2-5-9-7-3-6-8(9)4-1;/h1-2,4-5H,3,6-7H2;. The Morgan fingerprint density at radius 1 is 0.900 bits per heavy atom. The third-order valence-corrected chi connectivity index (χ3v) is 2.01. The van der Waals surface area contributed by atoms with Gasteiger partial charge in [0.05, 0.1) is 0 Å². The van der Waals surface area contributed by atoms with Crippen LogP contribution in [0.25, 0.3) is 0 Å². The van der Waals surface area contributed by atoms with Gasteiger partial charge in [-0.25, -0.2) is 0 Å². The molecular weight excluding hydrogens is 315 g/mol. The van der Waals surface area contributed by atoms with E-state index in [1.54, 1.807) is 11.1 Å². The van der Waals surface area contributed by atoms with Crippen molar-refractivity contribution >= 4 is 27.3 Å². The second-order valence-corrected chi connectivity index (χ2v) is 2.62. The maximum Gasteiger partial charge on any atom is 0 e. The van der Waals surface area contributed by atoms with Crippen LogP contribution in [0.5, 0.6) is 0 Å². The van der Waals surface area contributed by atoms with E-state index < -0.39 is 0 Å². The predicted octanol–water partition coefficient (Wildman–Crippen LogP) is 1.79. The van der Waals surface area contributed by atoms with E-state index in [2.05, 4.69) is 24.3 Å². The SMILES string of the molecule is [Pb].c1ccc2c(c1)CCC2. The summed E-state index contributed by atoms with van der Waals surface area (Å²) in [6, 6.07) is 8.74. The minimum absolute atomic E-state index is 0. The Morgan fingerprint density at radius 2 is 1.40 bits per heavy atom. The van der Waals surface area contributed by atoms with E-state index in [4.69, 9.17) is 0 Å². The van der Waals surface area contributed by atoms with Gasteiger partial charge in [0, 0.05) is 27.3 Å². The molecule has 1 aromatic rings. The van der Waals surface area contributed by atoms with Crippen LogP contribution < -0.4 is 0 Å². The molecule has 0 saturated carbocycles. The fraction of sp³-hybridized carbons (Fsp3) is 0.333. The summed E-state index contributed by atoms with van der Waals surface area (Å²) >= 11 is 0. The molecule has 0 nitrogen and oxygen atoms in total. The number of hydrogen-bond donors (Lipinski definition) is 0. The molecule has 0 fully saturated rings. The van der Waals surface area contributed by atoms with E-state index >= 15 is 0 Å². The number of rotatable bonds is 0. The van der Waals surface area contributed by atoms with Crippen molar-refractivity contribution in [2.75, 3.05) is 0 Å². The van der Waals surface area contributed by atoms with Crippen molar-refractivity contribution < 1.29 is 0 Å². The third-order valence-electron chi connectivity index (χ3n) is 2.01. The van der Waals surface area contributed by atoms with Crippen molar-refractivity contribution in [1.82, 2.24) is 0 Å². The summed E-state index contributed by atoms with van der Waals surface area (Å²) in [7, 11) is 0. The molecule has 0 aromatic heterocycles. The average molecular weight is 325 g/mol. The number of hydrogen-bond acceptors (Lipinski definition) is 0. The fourth-order valence-corrected chi connectivity index (χ4v) is 1.51. The molecule has 1 heteroatoms. The van der Waals surface area contributed by atoms with Crippen LogP contribution in [0.1, 0.15) is 17.5 Å². The molecule has 1 aliphatic rings. The summed E-state index contributed by atoms with van der Waals surface area (Å²) in [5.74, 6) is 0. The Kier molecular flexibility index (Phi) is 2.89. The van der Waals surface area contributed by atoms with E-state index in [-0.39, 0.29) is 27.3 Å². The van der Waals surface area contributed by atoms with Crippen LogP contribution >= 0.6 is 0 Å². The monoisotopic (exact) mass is 326 g/mol. The van der Waals surface area contributed by atoms with E-state index in [1.165, 1.54) is 19.3 Å². The average Bonchev–Trinajstić information content (AvgIpc) is 2.33. The third kappa shape index (κ3) is 1.41. The molecule has 0 N–H and O–H groups in total. The number of benzene rings is 1. The fourth-order valence-electron chi connectivity index (χ4n) is 1.51. The zero-order chi connectivity index (χ0) is 6.10. The molecule has 1 aromatic carbocycles. The topological polar surface area (TPSA) is 0 Å². The first-order chi connectivity index (χ1) is 4.47. The molecule has 0 amide bonds. The molecule has 0 unspecified atom stereocenters. The summed E-state index contributed by atoms with van der Waals surface area (Å²) in [5, 5.41) is 0. The van der Waals surface area contributed by atoms with E-state index in [0.717, 1.165) is 0 Å². The van der Waals surface area contributed by atoms with Crippen molar-refractivity contribution in [3.8, 4) is 0 Å². The van der Waals surface area contributed by atoms with Crippen LogP contribution in [0.4, 0.5) is 0 Å². The zero-order valence-electron chi connectivity index (χ0n) is 5.93. The molecule has 2 rings (SSSR count). The summed E-state index contributed by atoms with van der Waals surface area (Å²) in [5.41, 5.74) is 3.13. The van der Waals surface area contributed by atoms with Gasteiger partial charge in [-0.3, -0.25) is 0 Å². The van der Waals surface area contributed by atoms with Gasteiger partial charge in [0.1, 0.15) is 0 Å². The van der Waals surface area contributed by atoms with Crippen LogP contribution in [-0.4, -0.2) is 27.3 Å². The Labute approximate surface area is 81.8 Å². The molecule has 0 heterocycles. The first kappa shape index (κ1) is 8.24. The maximum absolute atomic E-state index is 2.24. The molecule has 4 radical (unpaired) electrons. The van der Waals surface area contributed by atoms with E-state index in [1.807, 2.05) is 0 Å². The Balaban J connectivity index is 0.000000500. The molecule has 0 spiro atoms. The van der Waals surface area contributed by atoms with Crippen LogP contribution in [0.15, 0.2) is 24.3 Å². The number of aryl methyl sites for hydroxylation is 2. The van der Waals surface area contributed by atoms with E-state index in [9.17, 15) is 0 Å². The zero-order valence-corrected chi connectivity index (χ0v) is 9.82. The molecule has 0 bridgehead atoms. The van der Waals surface area contributed by atoms with Crippen molar-refractivity contribution in [3.63, 3.8) is 0 Å². The first-order valence-electron chi connectivity index (χ1n) is 3.53. The summed E-state index contributed by atoms with van der Waals surface area (Å²) in [6.45, 7) is 0. The second kappa shape index (κ2) is 3.51. The van der Waals surface area contributed by atoms with Gasteiger partial charge in [-0.1, -0.05) is 24.3 Å². The van der Waals surface area contributed by atoms with Crippen LogP contribution in [0.2, 0.25) is 0 Å². The summed E-state index contributed by atoms with van der Waals surface area (Å²) in [6.07, 6.45) is 3.96. The molecule has 0 atom stereocenters. The predicted molar refractivity (Wildman–Crippen MR) is 44.2 cm³/mol. The normalized spacial score (nSPS) is 14.0. The largest absolute Gasteiger partial charge is 0.0620 e. The smallest absolute Gasteiger partial charge is 0 e. The van der Waals surface area contributed by atoms with Gasteiger partial charge in [-0.2, -0.15) is 0 Å². The summed E-state index contributed by atoms with van der Waals surface area (Å²) in [4.78, 5) is 0.